The van der Waals surface area contributed by atoms with Crippen molar-refractivity contribution in [1.29, 1.82) is 0 Å². The van der Waals surface area contributed by atoms with Crippen LogP contribution in [-0.2, 0) is 0 Å². The van der Waals surface area contributed by atoms with Gasteiger partial charge in [0.15, 0.2) is 5.82 Å². The van der Waals surface area contributed by atoms with E-state index in [-0.39, 0.29) is 6.04 Å². The van der Waals surface area contributed by atoms with E-state index in [1.54, 1.807) is 11.3 Å². The first-order chi connectivity index (χ1) is 9.81. The van der Waals surface area contributed by atoms with Crippen LogP contribution in [0.4, 0.5) is 0 Å². The minimum Gasteiger partial charge on any atom is -0.335 e. The molecule has 1 aliphatic rings. The zero-order chi connectivity index (χ0) is 13.8. The maximum Gasteiger partial charge on any atom is 0.250 e. The first kappa shape index (κ1) is 13.5. The number of hydrogen-bond acceptors (Lipinski definition) is 6. The number of thiazole rings is 1. The van der Waals surface area contributed by atoms with Crippen molar-refractivity contribution in [2.45, 2.75) is 38.6 Å². The van der Waals surface area contributed by atoms with Crippen molar-refractivity contribution in [2.24, 2.45) is 0 Å². The smallest absolute Gasteiger partial charge is 0.250 e. The van der Waals surface area contributed by atoms with Gasteiger partial charge >= 0.3 is 0 Å². The molecule has 3 rings (SSSR count). The summed E-state index contributed by atoms with van der Waals surface area (Å²) in [5.41, 5.74) is 0.930. The van der Waals surface area contributed by atoms with Gasteiger partial charge in [0.05, 0.1) is 16.7 Å². The molecule has 1 aliphatic heterocycles. The molecule has 5 nitrogen and oxygen atoms in total. The Labute approximate surface area is 122 Å². The second kappa shape index (κ2) is 6.28. The third kappa shape index (κ3) is 3.32. The molecular formula is C14H18N4OS. The van der Waals surface area contributed by atoms with E-state index in [1.165, 1.54) is 19.3 Å². The molecule has 1 unspecified atom stereocenters. The number of aromatic nitrogens is 3. The van der Waals surface area contributed by atoms with E-state index in [4.69, 9.17) is 4.52 Å². The fourth-order valence-electron chi connectivity index (χ4n) is 2.32. The van der Waals surface area contributed by atoms with E-state index in [9.17, 15) is 0 Å². The summed E-state index contributed by atoms with van der Waals surface area (Å²) in [6, 6.07) is 0.227. The summed E-state index contributed by atoms with van der Waals surface area (Å²) in [5.74, 6) is 1.30. The Bertz CT molecular complexity index is 582. The van der Waals surface area contributed by atoms with E-state index in [2.05, 4.69) is 20.4 Å². The van der Waals surface area contributed by atoms with Gasteiger partial charge < -0.3 is 9.84 Å². The summed E-state index contributed by atoms with van der Waals surface area (Å²) >= 11 is 1.63. The lowest BCUT2D eigenvalue weighted by Crippen LogP contribution is -2.21. The molecule has 0 bridgehead atoms. The van der Waals surface area contributed by atoms with Crippen LogP contribution in [0.3, 0.4) is 0 Å². The highest BCUT2D eigenvalue weighted by Crippen LogP contribution is 2.20. The maximum absolute atomic E-state index is 5.27. The minimum absolute atomic E-state index is 0.227. The molecule has 1 atom stereocenters. The molecule has 0 radical (unpaired) electrons. The molecule has 0 saturated carbocycles. The Balaban J connectivity index is 1.68. The summed E-state index contributed by atoms with van der Waals surface area (Å²) in [5, 5.41) is 10.6. The van der Waals surface area contributed by atoms with Gasteiger partial charge in [-0.05, 0) is 32.4 Å². The second-order valence-corrected chi connectivity index (χ2v) is 6.03. The average Bonchev–Trinajstić information content (AvgIpc) is 2.99. The van der Waals surface area contributed by atoms with Crippen molar-refractivity contribution >= 4 is 23.5 Å². The third-order valence-corrected chi connectivity index (χ3v) is 4.15. The largest absolute Gasteiger partial charge is 0.335 e. The van der Waals surface area contributed by atoms with Crippen LogP contribution < -0.4 is 5.32 Å². The second-order valence-electron chi connectivity index (χ2n) is 4.97. The Kier molecular flexibility index (Phi) is 4.22. The van der Waals surface area contributed by atoms with Gasteiger partial charge in [-0.3, -0.25) is 0 Å². The van der Waals surface area contributed by atoms with E-state index >= 15 is 0 Å². The monoisotopic (exact) mass is 290 g/mol. The molecule has 1 saturated heterocycles. The standard InChI is InChI=1S/C14H18N4OS/c1-10-16-11(9-20-10)6-7-13-17-14(18-19-13)12-5-3-2-4-8-15-12/h6-7,9,12,15H,2-5,8H2,1H3. The van der Waals surface area contributed by atoms with Crippen molar-refractivity contribution in [3.63, 3.8) is 0 Å². The third-order valence-electron chi connectivity index (χ3n) is 3.36. The summed E-state index contributed by atoms with van der Waals surface area (Å²) in [6.45, 7) is 3.02. The molecule has 2 aromatic heterocycles. The summed E-state index contributed by atoms with van der Waals surface area (Å²) in [7, 11) is 0. The van der Waals surface area contributed by atoms with Gasteiger partial charge in [-0.1, -0.05) is 18.0 Å². The highest BCUT2D eigenvalue weighted by atomic mass is 32.1. The van der Waals surface area contributed by atoms with Gasteiger partial charge in [0.25, 0.3) is 5.89 Å². The number of aryl methyl sites for hydroxylation is 1. The van der Waals surface area contributed by atoms with Crippen LogP contribution in [0.5, 0.6) is 0 Å². The number of nitrogens with one attached hydrogen (secondary N) is 1. The fourth-order valence-corrected chi connectivity index (χ4v) is 2.90. The predicted molar refractivity (Wildman–Crippen MR) is 79.3 cm³/mol. The van der Waals surface area contributed by atoms with Gasteiger partial charge in [-0.2, -0.15) is 4.98 Å². The molecule has 0 aliphatic carbocycles. The van der Waals surface area contributed by atoms with Crippen molar-refractivity contribution in [2.75, 3.05) is 6.54 Å². The first-order valence-corrected chi connectivity index (χ1v) is 7.86. The molecule has 1 fully saturated rings. The van der Waals surface area contributed by atoms with Gasteiger partial charge in [0.1, 0.15) is 0 Å². The topological polar surface area (TPSA) is 63.8 Å². The SMILES string of the molecule is Cc1nc(C=Cc2nc(C3CCCCCN3)no2)cs1. The molecular weight excluding hydrogens is 272 g/mol. The van der Waals surface area contributed by atoms with Crippen molar-refractivity contribution in [1.82, 2.24) is 20.4 Å². The zero-order valence-electron chi connectivity index (χ0n) is 11.5. The van der Waals surface area contributed by atoms with E-state index < -0.39 is 0 Å². The van der Waals surface area contributed by atoms with Gasteiger partial charge in [0.2, 0.25) is 0 Å². The van der Waals surface area contributed by atoms with Crippen LogP contribution in [0.2, 0.25) is 0 Å². The first-order valence-electron chi connectivity index (χ1n) is 6.98. The molecule has 3 heterocycles. The summed E-state index contributed by atoms with van der Waals surface area (Å²) in [4.78, 5) is 8.81. The lowest BCUT2D eigenvalue weighted by molar-refractivity contribution is 0.388. The average molecular weight is 290 g/mol. The quantitative estimate of drug-likeness (QED) is 0.940. The van der Waals surface area contributed by atoms with Crippen molar-refractivity contribution in [3.8, 4) is 0 Å². The van der Waals surface area contributed by atoms with Gasteiger partial charge in [0, 0.05) is 11.5 Å². The van der Waals surface area contributed by atoms with Crippen LogP contribution in [0.25, 0.3) is 12.2 Å². The lowest BCUT2D eigenvalue weighted by atomic mass is 10.1. The van der Waals surface area contributed by atoms with Crippen LogP contribution in [0.1, 0.15) is 54.1 Å². The molecule has 6 heteroatoms. The number of rotatable bonds is 3. The molecule has 20 heavy (non-hydrogen) atoms. The van der Waals surface area contributed by atoms with Crippen molar-refractivity contribution in [3.05, 3.63) is 27.8 Å². The van der Waals surface area contributed by atoms with E-state index in [0.29, 0.717) is 5.89 Å². The molecule has 1 N–H and O–H groups in total. The lowest BCUT2D eigenvalue weighted by Gasteiger charge is -2.09. The number of hydrogen-bond donors (Lipinski definition) is 1. The molecule has 0 spiro atoms. The summed E-state index contributed by atoms with van der Waals surface area (Å²) < 4.78 is 5.27. The Morgan fingerprint density at radius 1 is 1.30 bits per heavy atom. The molecule has 0 aromatic carbocycles. The minimum atomic E-state index is 0.227. The Hall–Kier alpha value is -1.53. The van der Waals surface area contributed by atoms with Gasteiger partial charge in [-0.25, -0.2) is 4.98 Å². The maximum atomic E-state index is 5.27. The van der Waals surface area contributed by atoms with Crippen molar-refractivity contribution < 1.29 is 4.52 Å². The highest BCUT2D eigenvalue weighted by Gasteiger charge is 2.18. The van der Waals surface area contributed by atoms with E-state index in [1.807, 2.05) is 24.5 Å². The Morgan fingerprint density at radius 2 is 2.25 bits per heavy atom. The Morgan fingerprint density at radius 3 is 3.10 bits per heavy atom. The normalized spacial score (nSPS) is 20.4. The summed E-state index contributed by atoms with van der Waals surface area (Å²) in [6.07, 6.45) is 8.52. The zero-order valence-corrected chi connectivity index (χ0v) is 12.3. The fraction of sp³-hybridized carbons (Fsp3) is 0.500. The molecule has 2 aromatic rings. The van der Waals surface area contributed by atoms with Gasteiger partial charge in [-0.15, -0.1) is 11.3 Å². The van der Waals surface area contributed by atoms with Crippen LogP contribution in [-0.4, -0.2) is 21.7 Å². The van der Waals surface area contributed by atoms with E-state index in [0.717, 1.165) is 29.5 Å². The van der Waals surface area contributed by atoms with Crippen LogP contribution in [0, 0.1) is 6.92 Å². The predicted octanol–water partition coefficient (Wildman–Crippen LogP) is 3.21. The van der Waals surface area contributed by atoms with Crippen LogP contribution in [0.15, 0.2) is 9.90 Å². The number of nitrogens with zero attached hydrogens (tertiary/aromatic N) is 3. The molecule has 106 valence electrons. The van der Waals surface area contributed by atoms with Crippen LogP contribution >= 0.6 is 11.3 Å². The molecule has 0 amide bonds. The highest BCUT2D eigenvalue weighted by molar-refractivity contribution is 7.09.